The first-order valence-electron chi connectivity index (χ1n) is 12.9. The van der Waals surface area contributed by atoms with E-state index >= 15 is 0 Å². The summed E-state index contributed by atoms with van der Waals surface area (Å²) < 4.78 is 2.08. The number of anilines is 1. The maximum absolute atomic E-state index is 11.4. The summed E-state index contributed by atoms with van der Waals surface area (Å²) in [6.45, 7) is 5.96. The van der Waals surface area contributed by atoms with Crippen LogP contribution < -0.4 is 10.6 Å². The van der Waals surface area contributed by atoms with Gasteiger partial charge in [0.05, 0.1) is 5.56 Å². The molecule has 5 heterocycles. The normalized spacial score (nSPS) is 17.6. The van der Waals surface area contributed by atoms with E-state index < -0.39 is 5.91 Å². The second-order valence-corrected chi connectivity index (χ2v) is 10.5. The molecule has 190 valence electrons. The molecule has 8 heteroatoms. The summed E-state index contributed by atoms with van der Waals surface area (Å²) >= 11 is 0. The molecule has 2 fully saturated rings. The first kappa shape index (κ1) is 23.5. The molecule has 0 aliphatic carbocycles. The average Bonchev–Trinajstić information content (AvgIpc) is 3.49. The van der Waals surface area contributed by atoms with Gasteiger partial charge in [0.25, 0.3) is 5.91 Å². The number of piperidine rings is 1. The SMILES string of the molecule is NC(=O)c1ccc(Cn2ccc3c(N4CCC5(CCN(Cc6cccnc6)C5)CC4)ccnc32)cc1O. The number of benzene rings is 1. The molecule has 1 spiro atoms. The Morgan fingerprint density at radius 3 is 2.59 bits per heavy atom. The Kier molecular flexibility index (Phi) is 6.04. The van der Waals surface area contributed by atoms with Crippen LogP contribution in [0.1, 0.15) is 40.7 Å². The number of hydrogen-bond donors (Lipinski definition) is 2. The van der Waals surface area contributed by atoms with Crippen molar-refractivity contribution in [3.05, 3.63) is 83.9 Å². The molecule has 3 N–H and O–H groups in total. The molecular weight excluding hydrogens is 464 g/mol. The number of amides is 1. The minimum atomic E-state index is -0.635. The fourth-order valence-electron chi connectivity index (χ4n) is 6.10. The van der Waals surface area contributed by atoms with Gasteiger partial charge in [-0.05, 0) is 72.7 Å². The average molecular weight is 497 g/mol. The van der Waals surface area contributed by atoms with E-state index in [0.717, 1.165) is 42.8 Å². The van der Waals surface area contributed by atoms with E-state index in [1.165, 1.54) is 37.1 Å². The lowest BCUT2D eigenvalue weighted by Gasteiger charge is -2.40. The summed E-state index contributed by atoms with van der Waals surface area (Å²) in [4.78, 5) is 25.5. The standard InChI is InChI=1S/C29H32N6O2/c30-27(37)24-4-3-21(16-26(24)36)19-35-12-6-23-25(5-11-32-28(23)35)34-14-8-29(9-15-34)7-13-33(20-29)18-22-2-1-10-31-17-22/h1-6,10-12,16-17,36H,7-9,13-15,18-20H2,(H2,30,37). The van der Waals surface area contributed by atoms with Crippen LogP contribution in [0.3, 0.4) is 0 Å². The first-order chi connectivity index (χ1) is 18.0. The number of carbonyl (C=O) groups excluding carboxylic acids is 1. The Hall–Kier alpha value is -3.91. The lowest BCUT2D eigenvalue weighted by Crippen LogP contribution is -2.41. The number of likely N-dealkylation sites (tertiary alicyclic amines) is 1. The quantitative estimate of drug-likeness (QED) is 0.421. The van der Waals surface area contributed by atoms with Gasteiger partial charge in [-0.2, -0.15) is 0 Å². The van der Waals surface area contributed by atoms with Crippen molar-refractivity contribution in [2.75, 3.05) is 31.1 Å². The van der Waals surface area contributed by atoms with Gasteiger partial charge in [-0.3, -0.25) is 14.7 Å². The second kappa shape index (κ2) is 9.52. The minimum absolute atomic E-state index is 0.0942. The lowest BCUT2D eigenvalue weighted by atomic mass is 9.77. The molecule has 37 heavy (non-hydrogen) atoms. The van der Waals surface area contributed by atoms with Crippen molar-refractivity contribution in [3.8, 4) is 5.75 Å². The van der Waals surface area contributed by atoms with Gasteiger partial charge in [-0.1, -0.05) is 12.1 Å². The van der Waals surface area contributed by atoms with Crippen LogP contribution in [0.5, 0.6) is 5.75 Å². The lowest BCUT2D eigenvalue weighted by molar-refractivity contribution is 0.0997. The zero-order valence-corrected chi connectivity index (χ0v) is 20.9. The third kappa shape index (κ3) is 4.64. The number of nitrogens with two attached hydrogens (primary N) is 1. The molecule has 0 radical (unpaired) electrons. The van der Waals surface area contributed by atoms with E-state index in [0.29, 0.717) is 12.0 Å². The van der Waals surface area contributed by atoms with Crippen LogP contribution in [0.25, 0.3) is 11.0 Å². The number of aromatic hydroxyl groups is 1. The van der Waals surface area contributed by atoms with Crippen molar-refractivity contribution in [2.24, 2.45) is 11.1 Å². The van der Waals surface area contributed by atoms with Gasteiger partial charge in [0, 0.05) is 68.6 Å². The summed E-state index contributed by atoms with van der Waals surface area (Å²) in [5.41, 5.74) is 10.2. The summed E-state index contributed by atoms with van der Waals surface area (Å²) in [7, 11) is 0. The molecule has 0 atom stereocenters. The van der Waals surface area contributed by atoms with Crippen molar-refractivity contribution in [2.45, 2.75) is 32.4 Å². The predicted molar refractivity (Wildman–Crippen MR) is 143 cm³/mol. The number of carbonyl (C=O) groups is 1. The fraction of sp³-hybridized carbons (Fsp3) is 0.345. The van der Waals surface area contributed by atoms with Crippen LogP contribution in [0.4, 0.5) is 5.69 Å². The summed E-state index contributed by atoms with van der Waals surface area (Å²) in [5.74, 6) is -0.729. The molecule has 8 nitrogen and oxygen atoms in total. The highest BCUT2D eigenvalue weighted by Crippen LogP contribution is 2.42. The van der Waals surface area contributed by atoms with E-state index in [9.17, 15) is 9.90 Å². The maximum atomic E-state index is 11.4. The highest BCUT2D eigenvalue weighted by molar-refractivity contribution is 5.95. The van der Waals surface area contributed by atoms with Crippen molar-refractivity contribution in [3.63, 3.8) is 0 Å². The van der Waals surface area contributed by atoms with Crippen molar-refractivity contribution < 1.29 is 9.90 Å². The molecule has 3 aromatic heterocycles. The third-order valence-corrected chi connectivity index (χ3v) is 8.13. The van der Waals surface area contributed by atoms with Crippen LogP contribution in [0.2, 0.25) is 0 Å². The van der Waals surface area contributed by atoms with Gasteiger partial charge in [0.15, 0.2) is 0 Å². The summed E-state index contributed by atoms with van der Waals surface area (Å²) in [6, 6.07) is 13.4. The first-order valence-corrected chi connectivity index (χ1v) is 12.9. The molecule has 1 aromatic carbocycles. The van der Waals surface area contributed by atoms with Gasteiger partial charge in [-0.25, -0.2) is 4.98 Å². The Balaban J connectivity index is 1.14. The van der Waals surface area contributed by atoms with E-state index in [-0.39, 0.29) is 11.3 Å². The molecule has 2 aliphatic rings. The van der Waals surface area contributed by atoms with E-state index in [1.54, 1.807) is 12.1 Å². The van der Waals surface area contributed by atoms with Gasteiger partial charge in [-0.15, -0.1) is 0 Å². The highest BCUT2D eigenvalue weighted by Gasteiger charge is 2.40. The Morgan fingerprint density at radius 1 is 1.00 bits per heavy atom. The molecule has 0 saturated carbocycles. The number of aromatic nitrogens is 3. The van der Waals surface area contributed by atoms with Gasteiger partial charge < -0.3 is 20.3 Å². The van der Waals surface area contributed by atoms with E-state index in [4.69, 9.17) is 5.73 Å². The number of phenols is 1. The van der Waals surface area contributed by atoms with Gasteiger partial charge in [0.2, 0.25) is 0 Å². The predicted octanol–water partition coefficient (Wildman–Crippen LogP) is 3.78. The zero-order chi connectivity index (χ0) is 25.4. The van der Waals surface area contributed by atoms with E-state index in [1.807, 2.05) is 36.9 Å². The molecule has 1 amide bonds. The Morgan fingerprint density at radius 2 is 1.84 bits per heavy atom. The number of primary amides is 1. The van der Waals surface area contributed by atoms with Gasteiger partial charge >= 0.3 is 0 Å². The van der Waals surface area contributed by atoms with Gasteiger partial charge in [0.1, 0.15) is 11.4 Å². The van der Waals surface area contributed by atoms with Crippen LogP contribution in [0.15, 0.2) is 67.3 Å². The molecule has 0 unspecified atom stereocenters. The topological polar surface area (TPSA) is 101 Å². The van der Waals surface area contributed by atoms with Crippen LogP contribution in [0, 0.1) is 5.41 Å². The number of hydrogen-bond acceptors (Lipinski definition) is 6. The van der Waals surface area contributed by atoms with Crippen molar-refractivity contribution >= 4 is 22.6 Å². The van der Waals surface area contributed by atoms with Crippen LogP contribution in [-0.4, -0.2) is 56.6 Å². The fourth-order valence-corrected chi connectivity index (χ4v) is 6.10. The largest absolute Gasteiger partial charge is 0.507 e. The van der Waals surface area contributed by atoms with Crippen molar-refractivity contribution in [1.29, 1.82) is 0 Å². The van der Waals surface area contributed by atoms with E-state index in [2.05, 4.69) is 42.5 Å². The molecule has 4 aromatic rings. The highest BCUT2D eigenvalue weighted by atomic mass is 16.3. The number of pyridine rings is 2. The van der Waals surface area contributed by atoms with Crippen LogP contribution in [-0.2, 0) is 13.1 Å². The smallest absolute Gasteiger partial charge is 0.252 e. The van der Waals surface area contributed by atoms with Crippen LogP contribution >= 0.6 is 0 Å². The number of rotatable bonds is 6. The zero-order valence-electron chi connectivity index (χ0n) is 20.9. The third-order valence-electron chi connectivity index (χ3n) is 8.13. The molecular formula is C29H32N6O2. The molecule has 2 aliphatic heterocycles. The molecule has 2 saturated heterocycles. The maximum Gasteiger partial charge on any atom is 0.252 e. The second-order valence-electron chi connectivity index (χ2n) is 10.5. The monoisotopic (exact) mass is 496 g/mol. The molecule has 0 bridgehead atoms. The minimum Gasteiger partial charge on any atom is -0.507 e. The number of fused-ring (bicyclic) bond motifs is 1. The van der Waals surface area contributed by atoms with Crippen molar-refractivity contribution in [1.82, 2.24) is 19.4 Å². The Bertz CT molecular complexity index is 1430. The molecule has 6 rings (SSSR count). The Labute approximate surface area is 216 Å². The summed E-state index contributed by atoms with van der Waals surface area (Å²) in [6.07, 6.45) is 11.4. The summed E-state index contributed by atoms with van der Waals surface area (Å²) in [5, 5.41) is 11.3. The number of nitrogens with zero attached hydrogens (tertiary/aromatic N) is 5.